The van der Waals surface area contributed by atoms with Crippen LogP contribution in [-0.2, 0) is 13.1 Å². The SMILES string of the molecule is NCc1ccccc1CNC(=O)c1ccc(Cl)c(Br)c1. The standard InChI is InChI=1S/C15H14BrClN2O/c16-13-7-10(5-6-14(13)17)15(20)19-9-12-4-2-1-3-11(12)8-18/h1-7H,8-9,18H2,(H,19,20). The van der Waals surface area contributed by atoms with Crippen LogP contribution in [0.2, 0.25) is 5.02 Å². The molecule has 104 valence electrons. The lowest BCUT2D eigenvalue weighted by Crippen LogP contribution is -2.23. The van der Waals surface area contributed by atoms with Gasteiger partial charge in [0.25, 0.3) is 5.91 Å². The topological polar surface area (TPSA) is 55.1 Å². The number of carbonyl (C=O) groups is 1. The Morgan fingerprint density at radius 1 is 1.20 bits per heavy atom. The van der Waals surface area contributed by atoms with Gasteiger partial charge in [0.05, 0.1) is 5.02 Å². The van der Waals surface area contributed by atoms with Gasteiger partial charge in [0.2, 0.25) is 0 Å². The van der Waals surface area contributed by atoms with Crippen molar-refractivity contribution in [1.29, 1.82) is 0 Å². The Labute approximate surface area is 131 Å². The summed E-state index contributed by atoms with van der Waals surface area (Å²) in [7, 11) is 0. The summed E-state index contributed by atoms with van der Waals surface area (Å²) in [4.78, 5) is 12.1. The molecule has 0 heterocycles. The number of carbonyl (C=O) groups excluding carboxylic acids is 1. The number of hydrogen-bond donors (Lipinski definition) is 2. The summed E-state index contributed by atoms with van der Waals surface area (Å²) < 4.78 is 0.703. The second-order valence-corrected chi connectivity index (χ2v) is 5.55. The fourth-order valence-electron chi connectivity index (χ4n) is 1.84. The molecule has 1 amide bonds. The van der Waals surface area contributed by atoms with Gasteiger partial charge in [-0.3, -0.25) is 4.79 Å². The van der Waals surface area contributed by atoms with Crippen LogP contribution in [0.4, 0.5) is 0 Å². The van der Waals surface area contributed by atoms with Crippen LogP contribution in [0.25, 0.3) is 0 Å². The van der Waals surface area contributed by atoms with Crippen LogP contribution in [0.1, 0.15) is 21.5 Å². The van der Waals surface area contributed by atoms with Crippen molar-refractivity contribution in [2.45, 2.75) is 13.1 Å². The van der Waals surface area contributed by atoms with Gasteiger partial charge in [-0.1, -0.05) is 35.9 Å². The van der Waals surface area contributed by atoms with E-state index >= 15 is 0 Å². The predicted octanol–water partition coefficient (Wildman–Crippen LogP) is 3.49. The summed E-state index contributed by atoms with van der Waals surface area (Å²) in [6, 6.07) is 12.9. The van der Waals surface area contributed by atoms with Crippen molar-refractivity contribution in [3.63, 3.8) is 0 Å². The van der Waals surface area contributed by atoms with Crippen molar-refractivity contribution in [3.8, 4) is 0 Å². The summed E-state index contributed by atoms with van der Waals surface area (Å²) in [5, 5.41) is 3.46. The molecule has 0 bridgehead atoms. The first-order valence-corrected chi connectivity index (χ1v) is 7.29. The number of nitrogens with two attached hydrogens (primary N) is 1. The molecule has 0 saturated heterocycles. The molecule has 0 spiro atoms. The number of rotatable bonds is 4. The minimum Gasteiger partial charge on any atom is -0.348 e. The van der Waals surface area contributed by atoms with Gasteiger partial charge in [0, 0.05) is 23.1 Å². The van der Waals surface area contributed by atoms with Crippen LogP contribution in [0.3, 0.4) is 0 Å². The van der Waals surface area contributed by atoms with E-state index in [4.69, 9.17) is 17.3 Å². The Kier molecular flexibility index (Phi) is 5.17. The van der Waals surface area contributed by atoms with Gasteiger partial charge >= 0.3 is 0 Å². The second kappa shape index (κ2) is 6.88. The average Bonchev–Trinajstić information content (AvgIpc) is 2.47. The molecular formula is C15H14BrClN2O. The molecule has 3 N–H and O–H groups in total. The Bertz CT molecular complexity index is 631. The third-order valence-electron chi connectivity index (χ3n) is 2.96. The molecule has 0 aliphatic carbocycles. The average molecular weight is 354 g/mol. The molecule has 2 rings (SSSR count). The van der Waals surface area contributed by atoms with Crippen molar-refractivity contribution in [2.75, 3.05) is 0 Å². The molecule has 0 radical (unpaired) electrons. The largest absolute Gasteiger partial charge is 0.348 e. The number of hydrogen-bond acceptors (Lipinski definition) is 2. The van der Waals surface area contributed by atoms with Crippen molar-refractivity contribution >= 4 is 33.4 Å². The van der Waals surface area contributed by atoms with Gasteiger partial charge < -0.3 is 11.1 Å². The number of benzene rings is 2. The molecule has 3 nitrogen and oxygen atoms in total. The quantitative estimate of drug-likeness (QED) is 0.884. The molecule has 0 saturated carbocycles. The van der Waals surface area contributed by atoms with E-state index in [0.29, 0.717) is 28.1 Å². The molecule has 0 aliphatic rings. The summed E-state index contributed by atoms with van der Waals surface area (Å²) in [5.41, 5.74) is 8.29. The van der Waals surface area contributed by atoms with E-state index in [1.165, 1.54) is 0 Å². The Balaban J connectivity index is 2.06. The fraction of sp³-hybridized carbons (Fsp3) is 0.133. The van der Waals surface area contributed by atoms with Gasteiger partial charge in [-0.2, -0.15) is 0 Å². The molecule has 0 aliphatic heterocycles. The molecule has 0 aromatic heterocycles. The van der Waals surface area contributed by atoms with Gasteiger partial charge in [0.1, 0.15) is 0 Å². The fourth-order valence-corrected chi connectivity index (χ4v) is 2.34. The number of nitrogens with one attached hydrogen (secondary N) is 1. The van der Waals surface area contributed by atoms with Crippen LogP contribution >= 0.6 is 27.5 Å². The highest BCUT2D eigenvalue weighted by Gasteiger charge is 2.08. The lowest BCUT2D eigenvalue weighted by molar-refractivity contribution is 0.0951. The molecule has 2 aromatic rings. The molecule has 0 atom stereocenters. The van der Waals surface area contributed by atoms with Gasteiger partial charge in [-0.25, -0.2) is 0 Å². The number of amides is 1. The maximum atomic E-state index is 12.1. The first kappa shape index (κ1) is 15.0. The van der Waals surface area contributed by atoms with Crippen LogP contribution in [0.15, 0.2) is 46.9 Å². The van der Waals surface area contributed by atoms with E-state index in [1.807, 2.05) is 24.3 Å². The van der Waals surface area contributed by atoms with Crippen LogP contribution in [0.5, 0.6) is 0 Å². The predicted molar refractivity (Wildman–Crippen MR) is 84.7 cm³/mol. The lowest BCUT2D eigenvalue weighted by atomic mass is 10.1. The molecule has 0 unspecified atom stereocenters. The van der Waals surface area contributed by atoms with E-state index in [0.717, 1.165) is 11.1 Å². The molecule has 0 fully saturated rings. The minimum atomic E-state index is -0.144. The molecule has 20 heavy (non-hydrogen) atoms. The Hall–Kier alpha value is -1.36. The summed E-state index contributed by atoms with van der Waals surface area (Å²) in [6.07, 6.45) is 0. The Morgan fingerprint density at radius 2 is 1.90 bits per heavy atom. The van der Waals surface area contributed by atoms with Crippen LogP contribution in [0, 0.1) is 0 Å². The normalized spacial score (nSPS) is 10.3. The highest BCUT2D eigenvalue weighted by atomic mass is 79.9. The molecule has 5 heteroatoms. The number of halogens is 2. The monoisotopic (exact) mass is 352 g/mol. The zero-order chi connectivity index (χ0) is 14.5. The zero-order valence-electron chi connectivity index (χ0n) is 10.7. The zero-order valence-corrected chi connectivity index (χ0v) is 13.0. The van der Waals surface area contributed by atoms with Crippen molar-refractivity contribution in [1.82, 2.24) is 5.32 Å². The summed E-state index contributed by atoms with van der Waals surface area (Å²) >= 11 is 9.21. The third-order valence-corrected chi connectivity index (χ3v) is 4.17. The van der Waals surface area contributed by atoms with Crippen LogP contribution < -0.4 is 11.1 Å². The maximum Gasteiger partial charge on any atom is 0.251 e. The third kappa shape index (κ3) is 3.60. The van der Waals surface area contributed by atoms with E-state index in [-0.39, 0.29) is 5.91 Å². The Morgan fingerprint density at radius 3 is 2.55 bits per heavy atom. The maximum absolute atomic E-state index is 12.1. The summed E-state index contributed by atoms with van der Waals surface area (Å²) in [6.45, 7) is 0.908. The lowest BCUT2D eigenvalue weighted by Gasteiger charge is -2.09. The second-order valence-electron chi connectivity index (χ2n) is 4.28. The minimum absolute atomic E-state index is 0.144. The highest BCUT2D eigenvalue weighted by molar-refractivity contribution is 9.10. The summed E-state index contributed by atoms with van der Waals surface area (Å²) in [5.74, 6) is -0.144. The highest BCUT2D eigenvalue weighted by Crippen LogP contribution is 2.23. The van der Waals surface area contributed by atoms with E-state index in [1.54, 1.807) is 18.2 Å². The van der Waals surface area contributed by atoms with Crippen molar-refractivity contribution in [3.05, 3.63) is 68.7 Å². The van der Waals surface area contributed by atoms with Gasteiger partial charge in [0.15, 0.2) is 0 Å². The van der Waals surface area contributed by atoms with E-state index < -0.39 is 0 Å². The van der Waals surface area contributed by atoms with Crippen molar-refractivity contribution in [2.24, 2.45) is 5.73 Å². The van der Waals surface area contributed by atoms with E-state index in [2.05, 4.69) is 21.2 Å². The first-order chi connectivity index (χ1) is 9.61. The van der Waals surface area contributed by atoms with E-state index in [9.17, 15) is 4.79 Å². The van der Waals surface area contributed by atoms with Crippen LogP contribution in [-0.4, -0.2) is 5.91 Å². The van der Waals surface area contributed by atoms with Crippen molar-refractivity contribution < 1.29 is 4.79 Å². The smallest absolute Gasteiger partial charge is 0.251 e. The molecule has 2 aromatic carbocycles. The first-order valence-electron chi connectivity index (χ1n) is 6.12. The van der Waals surface area contributed by atoms with Gasteiger partial charge in [-0.05, 0) is 45.3 Å². The van der Waals surface area contributed by atoms with Gasteiger partial charge in [-0.15, -0.1) is 0 Å². The molecular weight excluding hydrogens is 340 g/mol.